The molecule has 6 heteroatoms. The smallest absolute Gasteiger partial charge is 0.311 e. The number of nitrogens with zero attached hydrogens (tertiary/aromatic N) is 2. The van der Waals surface area contributed by atoms with Crippen LogP contribution >= 0.6 is 0 Å². The zero-order valence-corrected chi connectivity index (χ0v) is 11.8. The van der Waals surface area contributed by atoms with Crippen molar-refractivity contribution in [2.24, 2.45) is 0 Å². The number of carbonyl (C=O) groups is 1. The van der Waals surface area contributed by atoms with Gasteiger partial charge in [0, 0.05) is 18.2 Å². The van der Waals surface area contributed by atoms with E-state index < -0.39 is 27.8 Å². The average molecular weight is 278 g/mol. The number of rotatable bonds is 4. The Kier molecular flexibility index (Phi) is 4.49. The molecule has 6 nitrogen and oxygen atoms in total. The van der Waals surface area contributed by atoms with Gasteiger partial charge in [0.2, 0.25) is 5.75 Å². The molecule has 0 aliphatic heterocycles. The van der Waals surface area contributed by atoms with Crippen LogP contribution in [0.4, 0.5) is 5.69 Å². The molecule has 1 aromatic carbocycles. The summed E-state index contributed by atoms with van der Waals surface area (Å²) >= 11 is 0. The Bertz CT molecular complexity index is 547. The molecular formula is C14H18N2O4. The van der Waals surface area contributed by atoms with Crippen LogP contribution in [-0.4, -0.2) is 32.9 Å². The summed E-state index contributed by atoms with van der Waals surface area (Å²) in [5.41, 5.74) is -1.07. The van der Waals surface area contributed by atoms with Crippen LogP contribution in [0.25, 0.3) is 0 Å². The van der Waals surface area contributed by atoms with E-state index in [-0.39, 0.29) is 12.1 Å². The zero-order valence-electron chi connectivity index (χ0n) is 11.8. The summed E-state index contributed by atoms with van der Waals surface area (Å²) < 4.78 is 0. The first-order valence-corrected chi connectivity index (χ1v) is 6.09. The van der Waals surface area contributed by atoms with Crippen LogP contribution in [0.2, 0.25) is 0 Å². The van der Waals surface area contributed by atoms with Gasteiger partial charge in [0.25, 0.3) is 5.91 Å². The van der Waals surface area contributed by atoms with Gasteiger partial charge in [0.15, 0.2) is 0 Å². The fourth-order valence-electron chi connectivity index (χ4n) is 1.79. The van der Waals surface area contributed by atoms with Crippen LogP contribution < -0.4 is 0 Å². The van der Waals surface area contributed by atoms with Crippen LogP contribution in [0, 0.1) is 10.1 Å². The minimum atomic E-state index is -0.721. The van der Waals surface area contributed by atoms with Gasteiger partial charge in [-0.25, -0.2) is 0 Å². The summed E-state index contributed by atoms with van der Waals surface area (Å²) in [4.78, 5) is 24.0. The number of hydrogen-bond donors (Lipinski definition) is 1. The van der Waals surface area contributed by atoms with Crippen molar-refractivity contribution in [2.75, 3.05) is 6.54 Å². The summed E-state index contributed by atoms with van der Waals surface area (Å²) in [7, 11) is 0. The highest BCUT2D eigenvalue weighted by Gasteiger charge is 2.30. The highest BCUT2D eigenvalue weighted by atomic mass is 16.6. The molecule has 0 fully saturated rings. The summed E-state index contributed by atoms with van der Waals surface area (Å²) in [5.74, 6) is -1.08. The number of phenolic OH excluding ortho intramolecular Hbond substituents is 1. The largest absolute Gasteiger partial charge is 0.502 e. The molecule has 0 aliphatic carbocycles. The summed E-state index contributed by atoms with van der Waals surface area (Å²) in [5, 5.41) is 20.7. The maximum atomic E-state index is 12.5. The first-order chi connectivity index (χ1) is 9.20. The van der Waals surface area contributed by atoms with Crippen LogP contribution in [0.15, 0.2) is 30.9 Å². The lowest BCUT2D eigenvalue weighted by Gasteiger charge is -2.35. The highest BCUT2D eigenvalue weighted by molar-refractivity contribution is 5.98. The molecule has 1 amide bonds. The van der Waals surface area contributed by atoms with Gasteiger partial charge in [-0.15, -0.1) is 6.58 Å². The predicted octanol–water partition coefficient (Wildman–Crippen LogP) is 2.73. The van der Waals surface area contributed by atoms with E-state index in [0.29, 0.717) is 0 Å². The standard InChI is InChI=1S/C14H18N2O4/c1-5-9-15(14(2,3)4)13(18)10-7-6-8-11(12(10)17)16(19)20/h5-8,17H,1,9H2,2-4H3. The lowest BCUT2D eigenvalue weighted by molar-refractivity contribution is -0.385. The van der Waals surface area contributed by atoms with Gasteiger partial charge >= 0.3 is 5.69 Å². The van der Waals surface area contributed by atoms with E-state index in [4.69, 9.17) is 0 Å². The Morgan fingerprint density at radius 3 is 2.55 bits per heavy atom. The van der Waals surface area contributed by atoms with Gasteiger partial charge < -0.3 is 10.0 Å². The molecule has 0 saturated heterocycles. The second kappa shape index (κ2) is 5.73. The molecule has 0 aliphatic rings. The fraction of sp³-hybridized carbons (Fsp3) is 0.357. The third-order valence-electron chi connectivity index (χ3n) is 2.81. The molecule has 0 heterocycles. The van der Waals surface area contributed by atoms with Gasteiger partial charge in [-0.3, -0.25) is 14.9 Å². The molecule has 0 aromatic heterocycles. The molecule has 0 saturated carbocycles. The molecule has 0 radical (unpaired) electrons. The first-order valence-electron chi connectivity index (χ1n) is 6.09. The molecule has 0 atom stereocenters. The topological polar surface area (TPSA) is 83.7 Å². The number of aromatic hydroxyl groups is 1. The van der Waals surface area contributed by atoms with Gasteiger partial charge in [0.05, 0.1) is 10.5 Å². The molecule has 0 bridgehead atoms. The van der Waals surface area contributed by atoms with Gasteiger partial charge in [-0.05, 0) is 26.8 Å². The molecule has 1 rings (SSSR count). The normalized spacial score (nSPS) is 10.9. The lowest BCUT2D eigenvalue weighted by atomic mass is 10.0. The summed E-state index contributed by atoms with van der Waals surface area (Å²) in [6.45, 7) is 9.38. The number of hydrogen-bond acceptors (Lipinski definition) is 4. The number of amides is 1. The number of para-hydroxylation sites is 1. The Morgan fingerprint density at radius 2 is 2.10 bits per heavy atom. The van der Waals surface area contributed by atoms with Gasteiger partial charge in [-0.1, -0.05) is 12.1 Å². The Labute approximate surface area is 117 Å². The van der Waals surface area contributed by atoms with Crippen molar-refractivity contribution in [2.45, 2.75) is 26.3 Å². The number of nitro groups is 1. The van der Waals surface area contributed by atoms with E-state index in [1.807, 2.05) is 20.8 Å². The third-order valence-corrected chi connectivity index (χ3v) is 2.81. The van der Waals surface area contributed by atoms with E-state index in [1.54, 1.807) is 6.08 Å². The molecule has 1 N–H and O–H groups in total. The average Bonchev–Trinajstić information content (AvgIpc) is 2.33. The van der Waals surface area contributed by atoms with Crippen molar-refractivity contribution in [1.29, 1.82) is 0 Å². The van der Waals surface area contributed by atoms with Crippen molar-refractivity contribution in [3.8, 4) is 5.75 Å². The zero-order chi connectivity index (χ0) is 15.5. The second-order valence-electron chi connectivity index (χ2n) is 5.31. The van der Waals surface area contributed by atoms with E-state index in [2.05, 4.69) is 6.58 Å². The maximum absolute atomic E-state index is 12.5. The molecule has 1 aromatic rings. The third kappa shape index (κ3) is 3.14. The summed E-state index contributed by atoms with van der Waals surface area (Å²) in [6, 6.07) is 3.90. The number of benzene rings is 1. The van der Waals surface area contributed by atoms with Gasteiger partial charge in [0.1, 0.15) is 0 Å². The van der Waals surface area contributed by atoms with Crippen LogP contribution in [0.1, 0.15) is 31.1 Å². The van der Waals surface area contributed by atoms with E-state index in [0.717, 1.165) is 6.07 Å². The Morgan fingerprint density at radius 1 is 1.50 bits per heavy atom. The number of phenols is 1. The fourth-order valence-corrected chi connectivity index (χ4v) is 1.79. The quantitative estimate of drug-likeness (QED) is 0.521. The van der Waals surface area contributed by atoms with Crippen molar-refractivity contribution in [1.82, 2.24) is 4.90 Å². The minimum Gasteiger partial charge on any atom is -0.502 e. The van der Waals surface area contributed by atoms with Crippen molar-refractivity contribution < 1.29 is 14.8 Å². The van der Waals surface area contributed by atoms with Crippen molar-refractivity contribution in [3.05, 3.63) is 46.5 Å². The monoisotopic (exact) mass is 278 g/mol. The molecular weight excluding hydrogens is 260 g/mol. The maximum Gasteiger partial charge on any atom is 0.311 e. The Balaban J connectivity index is 3.29. The van der Waals surface area contributed by atoms with Crippen LogP contribution in [0.3, 0.4) is 0 Å². The van der Waals surface area contributed by atoms with Crippen LogP contribution in [0.5, 0.6) is 5.75 Å². The number of carbonyl (C=O) groups excluding carboxylic acids is 1. The van der Waals surface area contributed by atoms with E-state index in [1.165, 1.54) is 17.0 Å². The molecule has 108 valence electrons. The molecule has 20 heavy (non-hydrogen) atoms. The first kappa shape index (κ1) is 15.7. The van der Waals surface area contributed by atoms with Crippen molar-refractivity contribution >= 4 is 11.6 Å². The van der Waals surface area contributed by atoms with Crippen LogP contribution in [-0.2, 0) is 0 Å². The minimum absolute atomic E-state index is 0.0871. The van der Waals surface area contributed by atoms with E-state index >= 15 is 0 Å². The molecule has 0 unspecified atom stereocenters. The Hall–Kier alpha value is -2.37. The van der Waals surface area contributed by atoms with Gasteiger partial charge in [-0.2, -0.15) is 0 Å². The van der Waals surface area contributed by atoms with E-state index in [9.17, 15) is 20.0 Å². The predicted molar refractivity (Wildman–Crippen MR) is 75.7 cm³/mol. The second-order valence-corrected chi connectivity index (χ2v) is 5.31. The molecule has 0 spiro atoms. The summed E-state index contributed by atoms with van der Waals surface area (Å²) in [6.07, 6.45) is 1.57. The SMILES string of the molecule is C=CCN(C(=O)c1cccc([N+](=O)[O-])c1O)C(C)(C)C. The lowest BCUT2D eigenvalue weighted by Crippen LogP contribution is -2.45. The number of nitro benzene ring substituents is 1. The van der Waals surface area contributed by atoms with Crippen molar-refractivity contribution in [3.63, 3.8) is 0 Å². The highest BCUT2D eigenvalue weighted by Crippen LogP contribution is 2.31.